The largest absolute Gasteiger partial charge is 0.462 e. The van der Waals surface area contributed by atoms with Gasteiger partial charge in [0.2, 0.25) is 0 Å². The molecule has 0 aliphatic carbocycles. The Balaban J connectivity index is 1.84. The maximum absolute atomic E-state index is 14.8. The molecule has 4 heteroatoms. The zero-order valence-corrected chi connectivity index (χ0v) is 17.2. The molecular weight excluding hydrogens is 379 g/mol. The van der Waals surface area contributed by atoms with Gasteiger partial charge in [0.05, 0.1) is 13.2 Å². The monoisotopic (exact) mass is 404 g/mol. The second-order valence-corrected chi connectivity index (χ2v) is 7.37. The van der Waals surface area contributed by atoms with Crippen LogP contribution in [0.25, 0.3) is 22.3 Å². The SMILES string of the molecule is C=C(C)C(=O)OCCc1cc(-c2ccc(-c3ccc(C)cc3)c(F)c2)ccc1CO. The van der Waals surface area contributed by atoms with Crippen molar-refractivity contribution in [1.82, 2.24) is 0 Å². The molecule has 0 bridgehead atoms. The Labute approximate surface area is 176 Å². The van der Waals surface area contributed by atoms with Crippen molar-refractivity contribution in [2.45, 2.75) is 26.9 Å². The third-order valence-corrected chi connectivity index (χ3v) is 4.99. The van der Waals surface area contributed by atoms with Crippen molar-refractivity contribution in [1.29, 1.82) is 0 Å². The van der Waals surface area contributed by atoms with Crippen molar-refractivity contribution < 1.29 is 19.0 Å². The molecule has 154 valence electrons. The van der Waals surface area contributed by atoms with Crippen LogP contribution >= 0.6 is 0 Å². The fraction of sp³-hybridized carbons (Fsp3) is 0.192. The molecule has 0 fully saturated rings. The number of ether oxygens (including phenoxy) is 1. The molecule has 0 aliphatic heterocycles. The number of halogens is 1. The predicted molar refractivity (Wildman–Crippen MR) is 117 cm³/mol. The van der Waals surface area contributed by atoms with Crippen LogP contribution in [0.4, 0.5) is 4.39 Å². The fourth-order valence-corrected chi connectivity index (χ4v) is 3.23. The average Bonchev–Trinajstić information content (AvgIpc) is 2.74. The van der Waals surface area contributed by atoms with E-state index in [2.05, 4.69) is 6.58 Å². The summed E-state index contributed by atoms with van der Waals surface area (Å²) in [5, 5.41) is 9.62. The number of carbonyl (C=O) groups excluding carboxylic acids is 1. The van der Waals surface area contributed by atoms with Gasteiger partial charge in [0.25, 0.3) is 0 Å². The van der Waals surface area contributed by atoms with E-state index in [1.54, 1.807) is 13.0 Å². The van der Waals surface area contributed by atoms with Crippen molar-refractivity contribution in [3.63, 3.8) is 0 Å². The van der Waals surface area contributed by atoms with Crippen LogP contribution in [-0.4, -0.2) is 17.7 Å². The van der Waals surface area contributed by atoms with Crippen LogP contribution in [0, 0.1) is 12.7 Å². The van der Waals surface area contributed by atoms with E-state index in [9.17, 15) is 14.3 Å². The lowest BCUT2D eigenvalue weighted by atomic mass is 9.95. The Morgan fingerprint density at radius 1 is 0.967 bits per heavy atom. The second-order valence-electron chi connectivity index (χ2n) is 7.37. The van der Waals surface area contributed by atoms with Crippen LogP contribution in [0.5, 0.6) is 0 Å². The summed E-state index contributed by atoms with van der Waals surface area (Å²) in [6.45, 7) is 7.21. The minimum atomic E-state index is -0.439. The number of esters is 1. The molecular formula is C26H25FO3. The Morgan fingerprint density at radius 3 is 2.23 bits per heavy atom. The molecule has 30 heavy (non-hydrogen) atoms. The summed E-state index contributed by atoms with van der Waals surface area (Å²) in [4.78, 5) is 11.6. The van der Waals surface area contributed by atoms with Gasteiger partial charge in [-0.05, 0) is 47.7 Å². The van der Waals surface area contributed by atoms with E-state index in [0.717, 1.165) is 33.4 Å². The highest BCUT2D eigenvalue weighted by atomic mass is 19.1. The third-order valence-electron chi connectivity index (χ3n) is 4.99. The number of aryl methyl sites for hydroxylation is 1. The van der Waals surface area contributed by atoms with Crippen molar-refractivity contribution in [2.75, 3.05) is 6.61 Å². The molecule has 0 amide bonds. The van der Waals surface area contributed by atoms with Gasteiger partial charge in [-0.2, -0.15) is 0 Å². The van der Waals surface area contributed by atoms with Crippen molar-refractivity contribution in [2.24, 2.45) is 0 Å². The number of aliphatic hydroxyl groups is 1. The standard InChI is InChI=1S/C26H25FO3/c1-17(2)26(29)30-13-12-22-14-20(8-9-23(22)16-28)21-10-11-24(25(27)15-21)19-6-4-18(3)5-7-19/h4-11,14-15,28H,1,12-13,16H2,2-3H3. The number of hydrogen-bond donors (Lipinski definition) is 1. The zero-order chi connectivity index (χ0) is 21.7. The maximum atomic E-state index is 14.8. The lowest BCUT2D eigenvalue weighted by Gasteiger charge is -2.12. The van der Waals surface area contributed by atoms with Crippen molar-refractivity contribution >= 4 is 5.97 Å². The highest BCUT2D eigenvalue weighted by Gasteiger charge is 2.11. The highest BCUT2D eigenvalue weighted by molar-refractivity contribution is 5.86. The topological polar surface area (TPSA) is 46.5 Å². The summed E-state index contributed by atoms with van der Waals surface area (Å²) < 4.78 is 20.0. The van der Waals surface area contributed by atoms with Gasteiger partial charge in [-0.25, -0.2) is 9.18 Å². The van der Waals surface area contributed by atoms with Gasteiger partial charge < -0.3 is 9.84 Å². The van der Waals surface area contributed by atoms with E-state index < -0.39 is 5.97 Å². The molecule has 1 N–H and O–H groups in total. The fourth-order valence-electron chi connectivity index (χ4n) is 3.23. The highest BCUT2D eigenvalue weighted by Crippen LogP contribution is 2.29. The summed E-state index contributed by atoms with van der Waals surface area (Å²) in [7, 11) is 0. The first-order valence-corrected chi connectivity index (χ1v) is 9.81. The van der Waals surface area contributed by atoms with E-state index in [-0.39, 0.29) is 19.0 Å². The third kappa shape index (κ3) is 5.02. The molecule has 0 saturated heterocycles. The second kappa shape index (κ2) is 9.51. The van der Waals surface area contributed by atoms with Gasteiger partial charge in [-0.15, -0.1) is 0 Å². The summed E-state index contributed by atoms with van der Waals surface area (Å²) in [5.74, 6) is -0.731. The Morgan fingerprint density at radius 2 is 1.60 bits per heavy atom. The lowest BCUT2D eigenvalue weighted by Crippen LogP contribution is -2.09. The van der Waals surface area contributed by atoms with E-state index in [1.165, 1.54) is 6.07 Å². The summed E-state index contributed by atoms with van der Waals surface area (Å²) >= 11 is 0. The zero-order valence-electron chi connectivity index (χ0n) is 17.2. The molecule has 3 rings (SSSR count). The Bertz CT molecular complexity index is 1070. The van der Waals surface area contributed by atoms with Gasteiger partial charge in [-0.1, -0.05) is 66.7 Å². The molecule has 3 aromatic rings. The molecule has 3 aromatic carbocycles. The molecule has 0 aliphatic rings. The minimum Gasteiger partial charge on any atom is -0.462 e. The lowest BCUT2D eigenvalue weighted by molar-refractivity contribution is -0.138. The first kappa shape index (κ1) is 21.5. The van der Waals surface area contributed by atoms with E-state index >= 15 is 0 Å². The van der Waals surface area contributed by atoms with E-state index in [1.807, 2.05) is 55.5 Å². The van der Waals surface area contributed by atoms with Crippen molar-refractivity contribution in [3.05, 3.63) is 95.3 Å². The van der Waals surface area contributed by atoms with Crippen LogP contribution < -0.4 is 0 Å². The smallest absolute Gasteiger partial charge is 0.333 e. The Hall–Kier alpha value is -3.24. The van der Waals surface area contributed by atoms with Gasteiger partial charge >= 0.3 is 5.97 Å². The van der Waals surface area contributed by atoms with E-state index in [4.69, 9.17) is 4.74 Å². The maximum Gasteiger partial charge on any atom is 0.333 e. The summed E-state index contributed by atoms with van der Waals surface area (Å²) in [6.07, 6.45) is 0.451. The minimum absolute atomic E-state index is 0.120. The first-order chi connectivity index (χ1) is 14.4. The molecule has 0 atom stereocenters. The van der Waals surface area contributed by atoms with Crippen LogP contribution in [0.2, 0.25) is 0 Å². The normalized spacial score (nSPS) is 10.7. The number of carbonyl (C=O) groups is 1. The number of benzene rings is 3. The van der Waals surface area contributed by atoms with Crippen LogP contribution in [0.1, 0.15) is 23.6 Å². The number of rotatable bonds is 7. The quantitative estimate of drug-likeness (QED) is 0.410. The molecule has 0 radical (unpaired) electrons. The van der Waals surface area contributed by atoms with Crippen LogP contribution in [0.3, 0.4) is 0 Å². The Kier molecular flexibility index (Phi) is 6.80. The molecule has 0 aromatic heterocycles. The van der Waals surface area contributed by atoms with Crippen LogP contribution in [0.15, 0.2) is 72.8 Å². The number of hydrogen-bond acceptors (Lipinski definition) is 3. The van der Waals surface area contributed by atoms with Crippen LogP contribution in [-0.2, 0) is 22.6 Å². The van der Waals surface area contributed by atoms with Gasteiger partial charge in [0.1, 0.15) is 5.82 Å². The molecule has 0 heterocycles. The van der Waals surface area contributed by atoms with Gasteiger partial charge in [0, 0.05) is 17.6 Å². The molecule has 0 unspecified atom stereocenters. The van der Waals surface area contributed by atoms with E-state index in [0.29, 0.717) is 17.6 Å². The summed E-state index contributed by atoms with van der Waals surface area (Å²) in [6, 6.07) is 18.5. The van der Waals surface area contributed by atoms with Gasteiger partial charge in [0.15, 0.2) is 0 Å². The molecule has 3 nitrogen and oxygen atoms in total. The first-order valence-electron chi connectivity index (χ1n) is 9.81. The summed E-state index contributed by atoms with van der Waals surface area (Å²) in [5.41, 5.74) is 6.04. The number of aliphatic hydroxyl groups excluding tert-OH is 1. The molecule has 0 saturated carbocycles. The van der Waals surface area contributed by atoms with Crippen molar-refractivity contribution in [3.8, 4) is 22.3 Å². The van der Waals surface area contributed by atoms with Gasteiger partial charge in [-0.3, -0.25) is 0 Å². The molecule has 0 spiro atoms. The average molecular weight is 404 g/mol. The predicted octanol–water partition coefficient (Wildman–Crippen LogP) is 5.62.